The van der Waals surface area contributed by atoms with Crippen molar-refractivity contribution in [2.75, 3.05) is 25.6 Å². The Labute approximate surface area is 148 Å². The van der Waals surface area contributed by atoms with Gasteiger partial charge in [-0.15, -0.1) is 0 Å². The van der Waals surface area contributed by atoms with Crippen LogP contribution in [0.1, 0.15) is 32.1 Å². The Balaban J connectivity index is 1.44. The number of carbonyl (C=O) groups excluding carboxylic acids is 2. The molecule has 25 heavy (non-hydrogen) atoms. The molecule has 3 aliphatic rings. The van der Waals surface area contributed by atoms with Crippen molar-refractivity contribution in [3.8, 4) is 5.75 Å². The van der Waals surface area contributed by atoms with Crippen LogP contribution < -0.4 is 9.64 Å². The summed E-state index contributed by atoms with van der Waals surface area (Å²) in [5, 5.41) is 0. The van der Waals surface area contributed by atoms with E-state index < -0.39 is 0 Å². The van der Waals surface area contributed by atoms with E-state index in [2.05, 4.69) is 0 Å². The SMILES string of the molecule is COc1ccc(N2CC(C(=O)N(C)C(C3CC3)C3CC3)CC2=O)cc1. The molecule has 4 rings (SSSR count). The summed E-state index contributed by atoms with van der Waals surface area (Å²) in [6.07, 6.45) is 5.32. The van der Waals surface area contributed by atoms with E-state index in [4.69, 9.17) is 4.74 Å². The molecule has 2 aliphatic carbocycles. The van der Waals surface area contributed by atoms with Gasteiger partial charge in [0.25, 0.3) is 0 Å². The van der Waals surface area contributed by atoms with E-state index in [0.29, 0.717) is 30.8 Å². The van der Waals surface area contributed by atoms with Crippen molar-refractivity contribution in [2.24, 2.45) is 17.8 Å². The zero-order valence-corrected chi connectivity index (χ0v) is 15.0. The van der Waals surface area contributed by atoms with E-state index in [-0.39, 0.29) is 17.7 Å². The van der Waals surface area contributed by atoms with Gasteiger partial charge in [-0.25, -0.2) is 0 Å². The van der Waals surface area contributed by atoms with Gasteiger partial charge in [-0.05, 0) is 61.8 Å². The molecule has 1 aromatic carbocycles. The molecule has 2 saturated carbocycles. The van der Waals surface area contributed by atoms with Crippen LogP contribution in [0.3, 0.4) is 0 Å². The van der Waals surface area contributed by atoms with Gasteiger partial charge in [-0.2, -0.15) is 0 Å². The van der Waals surface area contributed by atoms with Crippen LogP contribution in [-0.4, -0.2) is 43.5 Å². The van der Waals surface area contributed by atoms with Crippen molar-refractivity contribution < 1.29 is 14.3 Å². The van der Waals surface area contributed by atoms with Crippen LogP contribution in [0.4, 0.5) is 5.69 Å². The number of carbonyl (C=O) groups is 2. The number of anilines is 1. The summed E-state index contributed by atoms with van der Waals surface area (Å²) >= 11 is 0. The second kappa shape index (κ2) is 6.36. The first kappa shape index (κ1) is 16.4. The Hall–Kier alpha value is -2.04. The first-order valence-corrected chi connectivity index (χ1v) is 9.29. The third kappa shape index (κ3) is 3.24. The number of ether oxygens (including phenoxy) is 1. The Morgan fingerprint density at radius 1 is 1.16 bits per heavy atom. The molecule has 1 aliphatic heterocycles. The Morgan fingerprint density at radius 2 is 1.76 bits per heavy atom. The first-order valence-electron chi connectivity index (χ1n) is 9.29. The summed E-state index contributed by atoms with van der Waals surface area (Å²) in [5.74, 6) is 2.10. The Bertz CT molecular complexity index is 652. The van der Waals surface area contributed by atoms with Crippen molar-refractivity contribution in [1.82, 2.24) is 4.90 Å². The maximum atomic E-state index is 13.0. The Morgan fingerprint density at radius 3 is 2.28 bits per heavy atom. The molecule has 0 spiro atoms. The molecule has 134 valence electrons. The number of benzene rings is 1. The monoisotopic (exact) mass is 342 g/mol. The lowest BCUT2D eigenvalue weighted by atomic mass is 10.0. The van der Waals surface area contributed by atoms with Crippen molar-refractivity contribution in [2.45, 2.75) is 38.1 Å². The largest absolute Gasteiger partial charge is 0.497 e. The second-order valence-electron chi connectivity index (χ2n) is 7.72. The number of amides is 2. The fourth-order valence-electron chi connectivity index (χ4n) is 4.21. The van der Waals surface area contributed by atoms with Crippen molar-refractivity contribution in [3.05, 3.63) is 24.3 Å². The third-order valence-electron chi connectivity index (χ3n) is 5.86. The number of rotatable bonds is 6. The lowest BCUT2D eigenvalue weighted by Crippen LogP contribution is -2.43. The fourth-order valence-corrected chi connectivity index (χ4v) is 4.21. The van der Waals surface area contributed by atoms with E-state index in [1.54, 1.807) is 12.0 Å². The summed E-state index contributed by atoms with van der Waals surface area (Å²) in [6.45, 7) is 0.483. The van der Waals surface area contributed by atoms with Crippen LogP contribution in [0.5, 0.6) is 5.75 Å². The maximum Gasteiger partial charge on any atom is 0.228 e. The topological polar surface area (TPSA) is 49.9 Å². The van der Waals surface area contributed by atoms with Crippen LogP contribution in [-0.2, 0) is 9.59 Å². The standard InChI is InChI=1S/C20H26N2O3/c1-21(19(13-3-4-13)14-5-6-14)20(24)15-11-18(23)22(12-15)16-7-9-17(25-2)10-8-16/h7-10,13-15,19H,3-6,11-12H2,1-2H3. The quantitative estimate of drug-likeness (QED) is 0.799. The minimum absolute atomic E-state index is 0.0336. The van der Waals surface area contributed by atoms with Crippen molar-refractivity contribution >= 4 is 17.5 Å². The van der Waals surface area contributed by atoms with E-state index in [1.165, 1.54) is 25.7 Å². The molecule has 0 N–H and O–H groups in total. The van der Waals surface area contributed by atoms with Crippen molar-refractivity contribution in [3.63, 3.8) is 0 Å². The highest BCUT2D eigenvalue weighted by Crippen LogP contribution is 2.47. The van der Waals surface area contributed by atoms with E-state index >= 15 is 0 Å². The minimum Gasteiger partial charge on any atom is -0.497 e. The molecule has 2 amide bonds. The summed E-state index contributed by atoms with van der Waals surface area (Å²) in [7, 11) is 3.57. The van der Waals surface area contributed by atoms with Gasteiger partial charge in [0.15, 0.2) is 0 Å². The smallest absolute Gasteiger partial charge is 0.228 e. The van der Waals surface area contributed by atoms with E-state index in [1.807, 2.05) is 36.2 Å². The van der Waals surface area contributed by atoms with Gasteiger partial charge in [0.2, 0.25) is 11.8 Å². The van der Waals surface area contributed by atoms with Crippen LogP contribution in [0.25, 0.3) is 0 Å². The Kier molecular flexibility index (Phi) is 4.18. The molecule has 3 fully saturated rings. The molecule has 5 nitrogen and oxygen atoms in total. The molecule has 1 saturated heterocycles. The second-order valence-corrected chi connectivity index (χ2v) is 7.72. The summed E-state index contributed by atoms with van der Waals surface area (Å²) in [6, 6.07) is 7.85. The van der Waals surface area contributed by atoms with E-state index in [9.17, 15) is 9.59 Å². The van der Waals surface area contributed by atoms with Gasteiger partial charge >= 0.3 is 0 Å². The highest BCUT2D eigenvalue weighted by Gasteiger charge is 2.47. The van der Waals surface area contributed by atoms with Crippen LogP contribution in [0.2, 0.25) is 0 Å². The zero-order chi connectivity index (χ0) is 17.6. The van der Waals surface area contributed by atoms with E-state index in [0.717, 1.165) is 11.4 Å². The molecule has 0 radical (unpaired) electrons. The summed E-state index contributed by atoms with van der Waals surface area (Å²) in [5.41, 5.74) is 0.838. The molecule has 1 unspecified atom stereocenters. The highest BCUT2D eigenvalue weighted by atomic mass is 16.5. The number of methoxy groups -OCH3 is 1. The highest BCUT2D eigenvalue weighted by molar-refractivity contribution is 6.00. The minimum atomic E-state index is -0.223. The number of nitrogens with zero attached hydrogens (tertiary/aromatic N) is 2. The predicted octanol–water partition coefficient (Wildman–Crippen LogP) is 2.70. The molecule has 0 bridgehead atoms. The number of hydrogen-bond donors (Lipinski definition) is 0. The molecule has 1 atom stereocenters. The van der Waals surface area contributed by atoms with Gasteiger partial charge in [0, 0.05) is 31.7 Å². The van der Waals surface area contributed by atoms with Gasteiger partial charge < -0.3 is 14.5 Å². The summed E-state index contributed by atoms with van der Waals surface area (Å²) in [4.78, 5) is 29.2. The lowest BCUT2D eigenvalue weighted by Gasteiger charge is -2.30. The van der Waals surface area contributed by atoms with Gasteiger partial charge in [-0.1, -0.05) is 0 Å². The van der Waals surface area contributed by atoms with Crippen LogP contribution >= 0.6 is 0 Å². The predicted molar refractivity (Wildman–Crippen MR) is 95.5 cm³/mol. The average Bonchev–Trinajstić information content (AvgIpc) is 3.55. The van der Waals surface area contributed by atoms with Crippen LogP contribution in [0, 0.1) is 17.8 Å². The molecular formula is C20H26N2O3. The van der Waals surface area contributed by atoms with Gasteiger partial charge in [-0.3, -0.25) is 9.59 Å². The lowest BCUT2D eigenvalue weighted by molar-refractivity contribution is -0.137. The average molecular weight is 342 g/mol. The molecule has 5 heteroatoms. The van der Waals surface area contributed by atoms with Gasteiger partial charge in [0.05, 0.1) is 13.0 Å². The molecular weight excluding hydrogens is 316 g/mol. The third-order valence-corrected chi connectivity index (χ3v) is 5.86. The summed E-state index contributed by atoms with van der Waals surface area (Å²) < 4.78 is 5.17. The first-order chi connectivity index (χ1) is 12.1. The molecule has 1 aromatic rings. The molecule has 0 aromatic heterocycles. The molecule has 1 heterocycles. The maximum absolute atomic E-state index is 13.0. The van der Waals surface area contributed by atoms with Gasteiger partial charge in [0.1, 0.15) is 5.75 Å². The normalized spacial score (nSPS) is 23.2. The van der Waals surface area contributed by atoms with Crippen molar-refractivity contribution in [1.29, 1.82) is 0 Å². The zero-order valence-electron chi connectivity index (χ0n) is 15.0. The number of hydrogen-bond acceptors (Lipinski definition) is 3. The van der Waals surface area contributed by atoms with Crippen LogP contribution in [0.15, 0.2) is 24.3 Å². The fraction of sp³-hybridized carbons (Fsp3) is 0.600.